The molecule has 2 unspecified atom stereocenters. The fourth-order valence-electron chi connectivity index (χ4n) is 2.55. The predicted octanol–water partition coefficient (Wildman–Crippen LogP) is 3.43. The first-order chi connectivity index (χ1) is 8.58. The third-order valence-corrected chi connectivity index (χ3v) is 4.02. The van der Waals surface area contributed by atoms with Gasteiger partial charge in [-0.1, -0.05) is 31.4 Å². The molecule has 1 aromatic rings. The fraction of sp³-hybridized carbons (Fsp3) is 0.500. The van der Waals surface area contributed by atoms with E-state index in [0.717, 1.165) is 5.69 Å². The van der Waals surface area contributed by atoms with Crippen LogP contribution in [0.4, 0.5) is 5.69 Å². The van der Waals surface area contributed by atoms with Crippen molar-refractivity contribution in [1.29, 1.82) is 0 Å². The Hall–Kier alpha value is -1.22. The molecule has 18 heavy (non-hydrogen) atoms. The van der Waals surface area contributed by atoms with Gasteiger partial charge in [-0.15, -0.1) is 0 Å². The Kier molecular flexibility index (Phi) is 4.12. The Bertz CT molecular complexity index is 447. The van der Waals surface area contributed by atoms with Crippen LogP contribution >= 0.6 is 11.6 Å². The van der Waals surface area contributed by atoms with Crippen LogP contribution in [0.5, 0.6) is 0 Å². The third kappa shape index (κ3) is 2.96. The average molecular weight is 267 g/mol. The van der Waals surface area contributed by atoms with Crippen molar-refractivity contribution in [2.75, 3.05) is 5.32 Å². The van der Waals surface area contributed by atoms with Gasteiger partial charge in [-0.05, 0) is 37.0 Å². The number of carbonyl (C=O) groups excluding carboxylic acids is 1. The zero-order valence-electron chi connectivity index (χ0n) is 10.6. The number of hydrogen-bond donors (Lipinski definition) is 2. The number of nitrogens with one attached hydrogen (secondary N) is 1. The van der Waals surface area contributed by atoms with E-state index in [1.165, 1.54) is 25.7 Å². The van der Waals surface area contributed by atoms with E-state index >= 15 is 0 Å². The molecule has 1 aromatic carbocycles. The number of anilines is 1. The molecule has 3 nitrogen and oxygen atoms in total. The third-order valence-electron chi connectivity index (χ3n) is 3.70. The minimum atomic E-state index is -0.486. The summed E-state index contributed by atoms with van der Waals surface area (Å²) in [4.78, 5) is 11.2. The van der Waals surface area contributed by atoms with Crippen LogP contribution in [0.15, 0.2) is 18.2 Å². The predicted molar refractivity (Wildman–Crippen MR) is 75.0 cm³/mol. The summed E-state index contributed by atoms with van der Waals surface area (Å²) >= 11 is 5.93. The van der Waals surface area contributed by atoms with Crippen LogP contribution < -0.4 is 11.1 Å². The number of hydrogen-bond acceptors (Lipinski definition) is 2. The molecule has 0 aromatic heterocycles. The highest BCUT2D eigenvalue weighted by molar-refractivity contribution is 6.33. The van der Waals surface area contributed by atoms with E-state index in [2.05, 4.69) is 12.2 Å². The highest BCUT2D eigenvalue weighted by Crippen LogP contribution is 2.28. The second-order valence-corrected chi connectivity index (χ2v) is 5.48. The lowest BCUT2D eigenvalue weighted by Crippen LogP contribution is -2.30. The second-order valence-electron chi connectivity index (χ2n) is 5.07. The molecule has 0 spiro atoms. The Morgan fingerprint density at radius 3 is 2.78 bits per heavy atom. The lowest BCUT2D eigenvalue weighted by molar-refractivity contribution is 0.100. The summed E-state index contributed by atoms with van der Waals surface area (Å²) in [5.41, 5.74) is 6.60. The molecule has 0 radical (unpaired) electrons. The second kappa shape index (κ2) is 5.61. The molecule has 2 rings (SSSR count). The molecule has 98 valence electrons. The molecule has 0 bridgehead atoms. The smallest absolute Gasteiger partial charge is 0.250 e. The summed E-state index contributed by atoms with van der Waals surface area (Å²) in [6.45, 7) is 2.27. The molecule has 1 saturated carbocycles. The minimum absolute atomic E-state index is 0.380. The quantitative estimate of drug-likeness (QED) is 0.881. The summed E-state index contributed by atoms with van der Waals surface area (Å²) in [5.74, 6) is 0.173. The Morgan fingerprint density at radius 1 is 1.39 bits per heavy atom. The number of rotatable bonds is 3. The average Bonchev–Trinajstić information content (AvgIpc) is 2.34. The maximum absolute atomic E-state index is 11.2. The van der Waals surface area contributed by atoms with Gasteiger partial charge in [0.05, 0.1) is 10.6 Å². The SMILES string of the molecule is CC1CCCCC1Nc1ccc(Cl)c(C(N)=O)c1. The number of carbonyl (C=O) groups is 1. The van der Waals surface area contributed by atoms with E-state index in [4.69, 9.17) is 17.3 Å². The highest BCUT2D eigenvalue weighted by Gasteiger charge is 2.21. The fourth-order valence-corrected chi connectivity index (χ4v) is 2.76. The van der Waals surface area contributed by atoms with Crippen molar-refractivity contribution in [1.82, 2.24) is 0 Å². The summed E-state index contributed by atoms with van der Waals surface area (Å²) in [7, 11) is 0. The van der Waals surface area contributed by atoms with Gasteiger partial charge >= 0.3 is 0 Å². The Labute approximate surface area is 113 Å². The maximum atomic E-state index is 11.2. The van der Waals surface area contributed by atoms with E-state index in [-0.39, 0.29) is 0 Å². The molecule has 1 amide bonds. The van der Waals surface area contributed by atoms with Gasteiger partial charge in [0.25, 0.3) is 0 Å². The van der Waals surface area contributed by atoms with E-state index in [0.29, 0.717) is 22.5 Å². The van der Waals surface area contributed by atoms with Crippen molar-refractivity contribution in [3.63, 3.8) is 0 Å². The first-order valence-corrected chi connectivity index (χ1v) is 6.81. The van der Waals surface area contributed by atoms with Crippen LogP contribution in [0, 0.1) is 5.92 Å². The highest BCUT2D eigenvalue weighted by atomic mass is 35.5. The van der Waals surface area contributed by atoms with Gasteiger partial charge in [-0.2, -0.15) is 0 Å². The Balaban J connectivity index is 2.14. The van der Waals surface area contributed by atoms with Gasteiger partial charge in [0.15, 0.2) is 0 Å². The standard InChI is InChI=1S/C14H19ClN2O/c1-9-4-2-3-5-13(9)17-10-6-7-12(15)11(8-10)14(16)18/h6-9,13,17H,2-5H2,1H3,(H2,16,18). The zero-order valence-corrected chi connectivity index (χ0v) is 11.3. The normalized spacial score (nSPS) is 23.7. The maximum Gasteiger partial charge on any atom is 0.250 e. The number of benzene rings is 1. The molecule has 0 aliphatic heterocycles. The molecule has 2 atom stereocenters. The number of amides is 1. The van der Waals surface area contributed by atoms with Crippen LogP contribution in [-0.4, -0.2) is 11.9 Å². The van der Waals surface area contributed by atoms with Gasteiger partial charge in [0.1, 0.15) is 0 Å². The van der Waals surface area contributed by atoms with E-state index in [9.17, 15) is 4.79 Å². The van der Waals surface area contributed by atoms with Crippen LogP contribution in [0.25, 0.3) is 0 Å². The zero-order chi connectivity index (χ0) is 13.1. The Morgan fingerprint density at radius 2 is 2.11 bits per heavy atom. The van der Waals surface area contributed by atoms with Gasteiger partial charge in [-0.25, -0.2) is 0 Å². The van der Waals surface area contributed by atoms with E-state index in [1.807, 2.05) is 6.07 Å². The first kappa shape index (κ1) is 13.2. The summed E-state index contributed by atoms with van der Waals surface area (Å²) < 4.78 is 0. The van der Waals surface area contributed by atoms with Crippen molar-refractivity contribution < 1.29 is 4.79 Å². The monoisotopic (exact) mass is 266 g/mol. The molecule has 0 saturated heterocycles. The lowest BCUT2D eigenvalue weighted by Gasteiger charge is -2.30. The van der Waals surface area contributed by atoms with Crippen LogP contribution in [0.1, 0.15) is 43.0 Å². The van der Waals surface area contributed by atoms with Crippen LogP contribution in [0.3, 0.4) is 0 Å². The summed E-state index contributed by atoms with van der Waals surface area (Å²) in [5, 5.41) is 3.89. The molecular formula is C14H19ClN2O. The van der Waals surface area contributed by atoms with Crippen molar-refractivity contribution in [2.45, 2.75) is 38.6 Å². The number of primary amides is 1. The number of halogens is 1. The molecule has 0 heterocycles. The van der Waals surface area contributed by atoms with Crippen molar-refractivity contribution in [2.24, 2.45) is 11.7 Å². The van der Waals surface area contributed by atoms with Gasteiger partial charge in [0, 0.05) is 11.7 Å². The molecule has 1 fully saturated rings. The van der Waals surface area contributed by atoms with Gasteiger partial charge in [0.2, 0.25) is 5.91 Å². The summed E-state index contributed by atoms with van der Waals surface area (Å²) in [6.07, 6.45) is 5.01. The van der Waals surface area contributed by atoms with Gasteiger partial charge in [-0.3, -0.25) is 4.79 Å². The lowest BCUT2D eigenvalue weighted by atomic mass is 9.86. The topological polar surface area (TPSA) is 55.1 Å². The molecule has 3 N–H and O–H groups in total. The molecule has 4 heteroatoms. The van der Waals surface area contributed by atoms with Crippen molar-refractivity contribution >= 4 is 23.2 Å². The number of nitrogens with two attached hydrogens (primary N) is 1. The van der Waals surface area contributed by atoms with Crippen LogP contribution in [-0.2, 0) is 0 Å². The first-order valence-electron chi connectivity index (χ1n) is 6.44. The van der Waals surface area contributed by atoms with Crippen LogP contribution in [0.2, 0.25) is 5.02 Å². The summed E-state index contributed by atoms with van der Waals surface area (Å²) in [6, 6.07) is 5.83. The molecule has 1 aliphatic rings. The molecular weight excluding hydrogens is 248 g/mol. The largest absolute Gasteiger partial charge is 0.382 e. The van der Waals surface area contributed by atoms with E-state index in [1.54, 1.807) is 12.1 Å². The van der Waals surface area contributed by atoms with Gasteiger partial charge < -0.3 is 11.1 Å². The van der Waals surface area contributed by atoms with Crippen molar-refractivity contribution in [3.05, 3.63) is 28.8 Å². The molecule has 1 aliphatic carbocycles. The minimum Gasteiger partial charge on any atom is -0.382 e. The van der Waals surface area contributed by atoms with Crippen molar-refractivity contribution in [3.8, 4) is 0 Å². The van der Waals surface area contributed by atoms with E-state index < -0.39 is 5.91 Å².